The van der Waals surface area contributed by atoms with Gasteiger partial charge in [-0.05, 0) is 63.1 Å². The largest absolute Gasteiger partial charge is 0.465 e. The van der Waals surface area contributed by atoms with Crippen LogP contribution in [0.1, 0.15) is 47.5 Å². The Balaban J connectivity index is 1.44. The summed E-state index contributed by atoms with van der Waals surface area (Å²) in [6.45, 7) is 4.78. The van der Waals surface area contributed by atoms with Crippen LogP contribution in [0.5, 0.6) is 0 Å². The smallest absolute Gasteiger partial charge is 0.337 e. The summed E-state index contributed by atoms with van der Waals surface area (Å²) in [5.74, 6) is 1.08. The highest BCUT2D eigenvalue weighted by Crippen LogP contribution is 2.26. The van der Waals surface area contributed by atoms with E-state index in [1.165, 1.54) is 26.4 Å². The third kappa shape index (κ3) is 4.62. The number of ether oxygens (including phenoxy) is 1. The molecule has 1 aliphatic heterocycles. The van der Waals surface area contributed by atoms with Crippen molar-refractivity contribution in [2.75, 3.05) is 13.7 Å². The lowest BCUT2D eigenvalue weighted by Crippen LogP contribution is -2.39. The number of rotatable bonds is 7. The molecule has 0 aliphatic carbocycles. The van der Waals surface area contributed by atoms with E-state index < -0.39 is 0 Å². The zero-order valence-electron chi connectivity index (χ0n) is 17.6. The van der Waals surface area contributed by atoms with E-state index in [4.69, 9.17) is 14.1 Å². The molecule has 0 spiro atoms. The van der Waals surface area contributed by atoms with Crippen molar-refractivity contribution in [2.24, 2.45) is 0 Å². The van der Waals surface area contributed by atoms with E-state index in [0.29, 0.717) is 17.5 Å². The summed E-state index contributed by atoms with van der Waals surface area (Å²) < 4.78 is 12.7. The van der Waals surface area contributed by atoms with Gasteiger partial charge in [0.1, 0.15) is 5.76 Å². The van der Waals surface area contributed by atoms with Gasteiger partial charge in [-0.2, -0.15) is 5.10 Å². The van der Waals surface area contributed by atoms with E-state index in [0.717, 1.165) is 43.1 Å². The third-order valence-electron chi connectivity index (χ3n) is 5.80. The van der Waals surface area contributed by atoms with Crippen molar-refractivity contribution in [1.29, 1.82) is 0 Å². The van der Waals surface area contributed by atoms with Gasteiger partial charge in [0.15, 0.2) is 0 Å². The topological polar surface area (TPSA) is 73.4 Å². The summed E-state index contributed by atoms with van der Waals surface area (Å²) in [7, 11) is 1.38. The Morgan fingerprint density at radius 1 is 1.27 bits per heavy atom. The molecule has 1 aromatic carbocycles. The van der Waals surface area contributed by atoms with E-state index in [9.17, 15) is 4.79 Å². The first-order valence-corrected chi connectivity index (χ1v) is 10.5. The first kappa shape index (κ1) is 20.3. The number of aromatic nitrogens is 3. The molecule has 7 heteroatoms. The summed E-state index contributed by atoms with van der Waals surface area (Å²) in [5, 5.41) is 4.33. The minimum absolute atomic E-state index is 0.350. The molecule has 1 fully saturated rings. The Bertz CT molecular complexity index is 963. The number of benzene rings is 1. The van der Waals surface area contributed by atoms with Crippen LogP contribution in [0.4, 0.5) is 0 Å². The van der Waals surface area contributed by atoms with Gasteiger partial charge in [0.25, 0.3) is 0 Å². The molecule has 3 heterocycles. The monoisotopic (exact) mass is 408 g/mol. The lowest BCUT2D eigenvalue weighted by Gasteiger charge is -2.35. The highest BCUT2D eigenvalue weighted by molar-refractivity contribution is 5.89. The van der Waals surface area contributed by atoms with Crippen LogP contribution in [0.2, 0.25) is 0 Å². The summed E-state index contributed by atoms with van der Waals surface area (Å²) >= 11 is 0. The fourth-order valence-electron chi connectivity index (χ4n) is 4.07. The van der Waals surface area contributed by atoms with Crippen molar-refractivity contribution in [2.45, 2.75) is 51.7 Å². The van der Waals surface area contributed by atoms with E-state index in [1.807, 2.05) is 42.2 Å². The second-order valence-electron chi connectivity index (χ2n) is 7.77. The van der Waals surface area contributed by atoms with Crippen LogP contribution in [0.15, 0.2) is 47.1 Å². The molecule has 3 aromatic rings. The second-order valence-corrected chi connectivity index (χ2v) is 7.77. The number of methoxy groups -OCH3 is 1. The van der Waals surface area contributed by atoms with Gasteiger partial charge in [-0.25, -0.2) is 9.78 Å². The van der Waals surface area contributed by atoms with E-state index in [-0.39, 0.29) is 5.97 Å². The number of hydrogen-bond acceptors (Lipinski definition) is 6. The van der Waals surface area contributed by atoms with Crippen molar-refractivity contribution in [3.8, 4) is 11.5 Å². The number of piperidine rings is 1. The average molecular weight is 409 g/mol. The molecular weight excluding hydrogens is 380 g/mol. The van der Waals surface area contributed by atoms with Gasteiger partial charge in [0.2, 0.25) is 5.89 Å². The fourth-order valence-corrected chi connectivity index (χ4v) is 4.07. The molecule has 30 heavy (non-hydrogen) atoms. The normalized spacial score (nSPS) is 17.2. The summed E-state index contributed by atoms with van der Waals surface area (Å²) in [4.78, 5) is 18.9. The molecule has 0 radical (unpaired) electrons. The number of nitrogens with zero attached hydrogens (tertiary/aromatic N) is 4. The van der Waals surface area contributed by atoms with Crippen LogP contribution >= 0.6 is 0 Å². The Morgan fingerprint density at radius 2 is 2.10 bits per heavy atom. The van der Waals surface area contributed by atoms with Gasteiger partial charge in [-0.1, -0.05) is 6.42 Å². The number of aryl methyl sites for hydroxylation is 2. The highest BCUT2D eigenvalue weighted by Gasteiger charge is 2.24. The molecule has 0 saturated carbocycles. The van der Waals surface area contributed by atoms with Gasteiger partial charge in [-0.3, -0.25) is 9.58 Å². The number of hydrogen-bond donors (Lipinski definition) is 0. The van der Waals surface area contributed by atoms with Crippen LogP contribution in [0, 0.1) is 6.92 Å². The van der Waals surface area contributed by atoms with Crippen LogP contribution in [0.3, 0.4) is 0 Å². The summed E-state index contributed by atoms with van der Waals surface area (Å²) in [6, 6.07) is 9.65. The van der Waals surface area contributed by atoms with E-state index >= 15 is 0 Å². The lowest BCUT2D eigenvalue weighted by molar-refractivity contribution is 0.0600. The van der Waals surface area contributed by atoms with Crippen LogP contribution in [-0.4, -0.2) is 45.3 Å². The summed E-state index contributed by atoms with van der Waals surface area (Å²) in [6.07, 6.45) is 8.64. The molecule has 1 atom stereocenters. The minimum Gasteiger partial charge on any atom is -0.465 e. The van der Waals surface area contributed by atoms with Gasteiger partial charge in [-0.15, -0.1) is 0 Å². The van der Waals surface area contributed by atoms with E-state index in [2.05, 4.69) is 10.00 Å². The maximum Gasteiger partial charge on any atom is 0.337 e. The SMILES string of the molecule is COC(=O)c1ccc(-c2nc(CN3CCCCC3CCn3cccn3)c(C)o2)cc1. The van der Waals surface area contributed by atoms with Crippen LogP contribution in [0.25, 0.3) is 11.5 Å². The quantitative estimate of drug-likeness (QED) is 0.549. The minimum atomic E-state index is -0.350. The summed E-state index contributed by atoms with van der Waals surface area (Å²) in [5.41, 5.74) is 2.34. The standard InChI is InChI=1S/C23H28N4O3/c1-17-21(25-22(30-17)18-7-9-19(10-8-18)23(28)29-2)16-26-13-4-3-6-20(26)11-15-27-14-5-12-24-27/h5,7-10,12,14,20H,3-4,6,11,13,15-16H2,1-2H3. The Kier molecular flexibility index (Phi) is 6.28. The second kappa shape index (κ2) is 9.26. The third-order valence-corrected chi connectivity index (χ3v) is 5.80. The van der Waals surface area contributed by atoms with Gasteiger partial charge in [0.05, 0.1) is 18.4 Å². The molecule has 2 aromatic heterocycles. The Morgan fingerprint density at radius 3 is 2.83 bits per heavy atom. The lowest BCUT2D eigenvalue weighted by atomic mass is 9.99. The number of oxazole rings is 1. The molecule has 0 amide bonds. The zero-order chi connectivity index (χ0) is 20.9. The molecular formula is C23H28N4O3. The molecule has 0 N–H and O–H groups in total. The molecule has 0 bridgehead atoms. The van der Waals surface area contributed by atoms with Crippen LogP contribution in [-0.2, 0) is 17.8 Å². The first-order valence-electron chi connectivity index (χ1n) is 10.5. The number of likely N-dealkylation sites (tertiary alicyclic amines) is 1. The maximum absolute atomic E-state index is 11.6. The fraction of sp³-hybridized carbons (Fsp3) is 0.435. The molecule has 158 valence electrons. The van der Waals surface area contributed by atoms with Crippen molar-refractivity contribution in [3.63, 3.8) is 0 Å². The van der Waals surface area contributed by atoms with Crippen molar-refractivity contribution < 1.29 is 13.9 Å². The molecule has 7 nitrogen and oxygen atoms in total. The van der Waals surface area contributed by atoms with Gasteiger partial charge >= 0.3 is 5.97 Å². The number of esters is 1. The van der Waals surface area contributed by atoms with Crippen LogP contribution < -0.4 is 0 Å². The number of carbonyl (C=O) groups is 1. The predicted octanol–water partition coefficient (Wildman–Crippen LogP) is 4.08. The Labute approximate surface area is 176 Å². The molecule has 1 unspecified atom stereocenters. The van der Waals surface area contributed by atoms with Crippen molar-refractivity contribution >= 4 is 5.97 Å². The van der Waals surface area contributed by atoms with Gasteiger partial charge in [0, 0.05) is 37.1 Å². The van der Waals surface area contributed by atoms with E-state index in [1.54, 1.807) is 12.1 Å². The maximum atomic E-state index is 11.6. The number of carbonyl (C=O) groups excluding carboxylic acids is 1. The predicted molar refractivity (Wildman–Crippen MR) is 113 cm³/mol. The highest BCUT2D eigenvalue weighted by atomic mass is 16.5. The zero-order valence-corrected chi connectivity index (χ0v) is 17.6. The Hall–Kier alpha value is -2.93. The molecule has 4 rings (SSSR count). The average Bonchev–Trinajstić information content (AvgIpc) is 3.43. The first-order chi connectivity index (χ1) is 14.6. The van der Waals surface area contributed by atoms with Crippen molar-refractivity contribution in [3.05, 3.63) is 59.7 Å². The molecule has 1 saturated heterocycles. The van der Waals surface area contributed by atoms with Crippen molar-refractivity contribution in [1.82, 2.24) is 19.7 Å². The van der Waals surface area contributed by atoms with Gasteiger partial charge < -0.3 is 9.15 Å². The molecule has 1 aliphatic rings.